The Kier molecular flexibility index (Phi) is 5.69. The number of nitriles is 1. The third-order valence-corrected chi connectivity index (χ3v) is 4.17. The van der Waals surface area contributed by atoms with E-state index in [9.17, 15) is 5.26 Å². The molecule has 0 heterocycles. The minimum Gasteiger partial charge on any atom is -0.497 e. The van der Waals surface area contributed by atoms with Crippen LogP contribution in [-0.4, -0.2) is 7.11 Å². The monoisotopic (exact) mass is 340 g/mol. The number of anilines is 1. The van der Waals surface area contributed by atoms with Crippen LogP contribution in [0, 0.1) is 11.3 Å². The summed E-state index contributed by atoms with van der Waals surface area (Å²) < 4.78 is 5.37. The first kappa shape index (κ1) is 17.3. The van der Waals surface area contributed by atoms with Crippen LogP contribution < -0.4 is 10.1 Å². The van der Waals surface area contributed by atoms with Crippen molar-refractivity contribution in [2.24, 2.45) is 0 Å². The van der Waals surface area contributed by atoms with Crippen LogP contribution in [-0.2, 0) is 0 Å². The van der Waals surface area contributed by atoms with Crippen molar-refractivity contribution in [2.45, 2.75) is 5.92 Å². The number of hydrogen-bond acceptors (Lipinski definition) is 3. The summed E-state index contributed by atoms with van der Waals surface area (Å²) in [5.41, 5.74) is 3.65. The average Bonchev–Trinajstić information content (AvgIpc) is 2.72. The fraction of sp³-hybridized carbons (Fsp3) is 0.0870. The van der Waals surface area contributed by atoms with Crippen LogP contribution in [0.5, 0.6) is 5.75 Å². The molecule has 0 fully saturated rings. The van der Waals surface area contributed by atoms with Gasteiger partial charge in [-0.3, -0.25) is 0 Å². The number of methoxy groups -OCH3 is 1. The summed E-state index contributed by atoms with van der Waals surface area (Å²) in [5, 5.41) is 13.1. The molecule has 0 saturated carbocycles. The van der Waals surface area contributed by atoms with Gasteiger partial charge in [0.05, 0.1) is 18.8 Å². The summed E-state index contributed by atoms with van der Waals surface area (Å²) in [6.07, 6.45) is 1.78. The largest absolute Gasteiger partial charge is 0.497 e. The first-order valence-electron chi connectivity index (χ1n) is 8.42. The number of allylic oxidation sites excluding steroid dienone is 1. The van der Waals surface area contributed by atoms with Gasteiger partial charge in [-0.25, -0.2) is 0 Å². The topological polar surface area (TPSA) is 45.0 Å². The standard InChI is InChI=1S/C23H20N2O/c1-26-22-14-8-11-19(15-22)23(18-9-4-2-5-10-18)20(16-24)17-25-21-12-6-3-7-13-21/h2-15,17,23,25H,1H3. The second kappa shape index (κ2) is 8.55. The highest BCUT2D eigenvalue weighted by Crippen LogP contribution is 2.33. The van der Waals surface area contributed by atoms with Crippen molar-refractivity contribution < 1.29 is 4.74 Å². The van der Waals surface area contributed by atoms with E-state index in [-0.39, 0.29) is 5.92 Å². The van der Waals surface area contributed by atoms with Crippen LogP contribution in [0.4, 0.5) is 5.69 Å². The number of benzene rings is 3. The fourth-order valence-corrected chi connectivity index (χ4v) is 2.89. The molecule has 1 N–H and O–H groups in total. The van der Waals surface area contributed by atoms with Crippen molar-refractivity contribution in [3.05, 3.63) is 108 Å². The molecule has 128 valence electrons. The molecule has 0 saturated heterocycles. The summed E-state index contributed by atoms with van der Waals surface area (Å²) in [5.74, 6) is 0.601. The average molecular weight is 340 g/mol. The molecule has 3 aromatic carbocycles. The number of ether oxygens (including phenoxy) is 1. The molecule has 0 aliphatic heterocycles. The fourth-order valence-electron chi connectivity index (χ4n) is 2.89. The van der Waals surface area contributed by atoms with Gasteiger partial charge in [0.2, 0.25) is 0 Å². The van der Waals surface area contributed by atoms with Crippen molar-refractivity contribution >= 4 is 5.69 Å². The van der Waals surface area contributed by atoms with Gasteiger partial charge in [-0.1, -0.05) is 60.7 Å². The maximum Gasteiger partial charge on any atom is 0.119 e. The van der Waals surface area contributed by atoms with Crippen molar-refractivity contribution in [3.63, 3.8) is 0 Å². The predicted octanol–water partition coefficient (Wildman–Crippen LogP) is 5.35. The third-order valence-electron chi connectivity index (χ3n) is 4.17. The Morgan fingerprint density at radius 2 is 1.58 bits per heavy atom. The molecule has 0 aliphatic rings. The van der Waals surface area contributed by atoms with Crippen LogP contribution in [0.25, 0.3) is 0 Å². The Balaban J connectivity index is 2.02. The molecule has 1 unspecified atom stereocenters. The predicted molar refractivity (Wildman–Crippen MR) is 105 cm³/mol. The molecule has 3 rings (SSSR count). The Hall–Kier alpha value is -3.51. The maximum absolute atomic E-state index is 9.83. The molecule has 0 bridgehead atoms. The van der Waals surface area contributed by atoms with E-state index in [0.29, 0.717) is 5.57 Å². The normalized spacial score (nSPS) is 12.1. The lowest BCUT2D eigenvalue weighted by molar-refractivity contribution is 0.414. The molecule has 3 aromatic rings. The lowest BCUT2D eigenvalue weighted by Crippen LogP contribution is -2.06. The SMILES string of the molecule is COc1cccc(C(C(C#N)=CNc2ccccc2)c2ccccc2)c1. The number of nitrogens with zero attached hydrogens (tertiary/aromatic N) is 1. The summed E-state index contributed by atoms with van der Waals surface area (Å²) in [7, 11) is 1.65. The van der Waals surface area contributed by atoms with E-state index in [1.54, 1.807) is 13.3 Å². The summed E-state index contributed by atoms with van der Waals surface area (Å²) in [4.78, 5) is 0. The smallest absolute Gasteiger partial charge is 0.119 e. The van der Waals surface area contributed by atoms with E-state index >= 15 is 0 Å². The van der Waals surface area contributed by atoms with E-state index in [0.717, 1.165) is 22.6 Å². The summed E-state index contributed by atoms with van der Waals surface area (Å²) in [6.45, 7) is 0. The number of hydrogen-bond donors (Lipinski definition) is 1. The zero-order valence-electron chi connectivity index (χ0n) is 14.6. The summed E-state index contributed by atoms with van der Waals surface area (Å²) >= 11 is 0. The number of para-hydroxylation sites is 1. The van der Waals surface area contributed by atoms with Crippen molar-refractivity contribution in [2.75, 3.05) is 12.4 Å². The van der Waals surface area contributed by atoms with E-state index in [4.69, 9.17) is 4.74 Å². The maximum atomic E-state index is 9.83. The molecule has 0 aliphatic carbocycles. The zero-order chi connectivity index (χ0) is 18.2. The highest BCUT2D eigenvalue weighted by atomic mass is 16.5. The Labute approximate surface area is 154 Å². The van der Waals surface area contributed by atoms with Crippen LogP contribution in [0.1, 0.15) is 17.0 Å². The lowest BCUT2D eigenvalue weighted by atomic mass is 9.85. The minimum atomic E-state index is -0.174. The molecule has 0 spiro atoms. The second-order valence-corrected chi connectivity index (χ2v) is 5.84. The van der Waals surface area contributed by atoms with Crippen molar-refractivity contribution in [1.82, 2.24) is 0 Å². The Morgan fingerprint density at radius 1 is 0.923 bits per heavy atom. The third kappa shape index (κ3) is 4.12. The van der Waals surface area contributed by atoms with Gasteiger partial charge >= 0.3 is 0 Å². The van der Waals surface area contributed by atoms with Gasteiger partial charge in [0.25, 0.3) is 0 Å². The molecule has 3 heteroatoms. The number of nitrogens with one attached hydrogen (secondary N) is 1. The Bertz CT molecular complexity index is 912. The van der Waals surface area contributed by atoms with Crippen molar-refractivity contribution in [3.8, 4) is 11.8 Å². The second-order valence-electron chi connectivity index (χ2n) is 5.84. The van der Waals surface area contributed by atoms with Gasteiger partial charge in [0, 0.05) is 17.8 Å². The highest BCUT2D eigenvalue weighted by molar-refractivity contribution is 5.52. The van der Waals surface area contributed by atoms with Gasteiger partial charge in [-0.2, -0.15) is 5.26 Å². The van der Waals surface area contributed by atoms with Gasteiger partial charge in [0.1, 0.15) is 5.75 Å². The van der Waals surface area contributed by atoms with E-state index in [1.807, 2.05) is 84.9 Å². The molecule has 26 heavy (non-hydrogen) atoms. The number of rotatable bonds is 6. The first-order chi connectivity index (χ1) is 12.8. The molecular formula is C23H20N2O. The van der Waals surface area contributed by atoms with Gasteiger partial charge in [0.15, 0.2) is 0 Å². The highest BCUT2D eigenvalue weighted by Gasteiger charge is 2.19. The van der Waals surface area contributed by atoms with Crippen LogP contribution >= 0.6 is 0 Å². The van der Waals surface area contributed by atoms with Crippen LogP contribution in [0.2, 0.25) is 0 Å². The van der Waals surface area contributed by atoms with Gasteiger partial charge in [-0.05, 0) is 35.4 Å². The van der Waals surface area contributed by atoms with Crippen LogP contribution in [0.15, 0.2) is 96.7 Å². The molecule has 0 radical (unpaired) electrons. The van der Waals surface area contributed by atoms with Crippen molar-refractivity contribution in [1.29, 1.82) is 5.26 Å². The van der Waals surface area contributed by atoms with Gasteiger partial charge < -0.3 is 10.1 Å². The Morgan fingerprint density at radius 3 is 2.23 bits per heavy atom. The lowest BCUT2D eigenvalue weighted by Gasteiger charge is -2.18. The van der Waals surface area contributed by atoms with Gasteiger partial charge in [-0.15, -0.1) is 0 Å². The molecule has 1 atom stereocenters. The quantitative estimate of drug-likeness (QED) is 0.616. The van der Waals surface area contributed by atoms with E-state index in [2.05, 4.69) is 11.4 Å². The first-order valence-corrected chi connectivity index (χ1v) is 8.42. The molecular weight excluding hydrogens is 320 g/mol. The van der Waals surface area contributed by atoms with E-state index in [1.165, 1.54) is 0 Å². The summed E-state index contributed by atoms with van der Waals surface area (Å²) in [6, 6.07) is 30.1. The van der Waals surface area contributed by atoms with Crippen LogP contribution in [0.3, 0.4) is 0 Å². The molecule has 3 nitrogen and oxygen atoms in total. The minimum absolute atomic E-state index is 0.174. The zero-order valence-corrected chi connectivity index (χ0v) is 14.6. The molecule has 0 aromatic heterocycles. The van der Waals surface area contributed by atoms with E-state index < -0.39 is 0 Å². The molecule has 0 amide bonds.